The summed E-state index contributed by atoms with van der Waals surface area (Å²) in [7, 11) is 0. The fourth-order valence-corrected chi connectivity index (χ4v) is 1.94. The van der Waals surface area contributed by atoms with E-state index in [0.29, 0.717) is 5.56 Å². The molecule has 0 amide bonds. The van der Waals surface area contributed by atoms with Crippen LogP contribution in [0.25, 0.3) is 16.5 Å². The molecule has 2 aromatic carbocycles. The number of nitrogens with zero attached hydrogens (tertiary/aromatic N) is 2. The Morgan fingerprint density at radius 3 is 2.71 bits per heavy atom. The number of aldehydes is 1. The van der Waals surface area contributed by atoms with E-state index in [9.17, 15) is 4.79 Å². The van der Waals surface area contributed by atoms with Gasteiger partial charge in [0.1, 0.15) is 0 Å². The Labute approximate surface area is 98.3 Å². The Morgan fingerprint density at radius 2 is 1.88 bits per heavy atom. The minimum atomic E-state index is 0.581. The van der Waals surface area contributed by atoms with E-state index in [4.69, 9.17) is 0 Å². The molecule has 1 aromatic heterocycles. The fourth-order valence-electron chi connectivity index (χ4n) is 1.94. The van der Waals surface area contributed by atoms with Gasteiger partial charge in [-0.05, 0) is 11.5 Å². The smallest absolute Gasteiger partial charge is 0.153 e. The van der Waals surface area contributed by atoms with E-state index in [-0.39, 0.29) is 0 Å². The second kappa shape index (κ2) is 3.87. The van der Waals surface area contributed by atoms with Gasteiger partial charge in [-0.25, -0.2) is 4.68 Å². The summed E-state index contributed by atoms with van der Waals surface area (Å²) >= 11 is 0. The van der Waals surface area contributed by atoms with E-state index in [0.717, 1.165) is 22.7 Å². The fraction of sp³-hybridized carbons (Fsp3) is 0. The lowest BCUT2D eigenvalue weighted by atomic mass is 10.1. The van der Waals surface area contributed by atoms with E-state index in [1.54, 1.807) is 17.1 Å². The molecule has 82 valence electrons. The van der Waals surface area contributed by atoms with Crippen LogP contribution in [0, 0.1) is 0 Å². The maximum Gasteiger partial charge on any atom is 0.153 e. The Bertz CT molecular complexity index is 680. The molecule has 0 unspecified atom stereocenters. The summed E-state index contributed by atoms with van der Waals surface area (Å²) in [5.41, 5.74) is 1.56. The molecule has 3 aromatic rings. The zero-order valence-corrected chi connectivity index (χ0v) is 9.08. The highest BCUT2D eigenvalue weighted by molar-refractivity contribution is 5.90. The monoisotopic (exact) mass is 222 g/mol. The van der Waals surface area contributed by atoms with Crippen molar-refractivity contribution in [3.63, 3.8) is 0 Å². The molecular weight excluding hydrogens is 212 g/mol. The molecule has 0 N–H and O–H groups in total. The van der Waals surface area contributed by atoms with Crippen LogP contribution >= 0.6 is 0 Å². The Hall–Kier alpha value is -2.42. The molecule has 3 nitrogen and oxygen atoms in total. The molecule has 0 saturated carbocycles. The van der Waals surface area contributed by atoms with Crippen molar-refractivity contribution in [1.82, 2.24) is 9.78 Å². The average Bonchev–Trinajstić information content (AvgIpc) is 2.87. The number of hydrogen-bond donors (Lipinski definition) is 0. The van der Waals surface area contributed by atoms with Gasteiger partial charge < -0.3 is 0 Å². The highest BCUT2D eigenvalue weighted by atomic mass is 16.1. The number of carbonyl (C=O) groups excluding carboxylic acids is 1. The molecule has 17 heavy (non-hydrogen) atoms. The van der Waals surface area contributed by atoms with Gasteiger partial charge >= 0.3 is 0 Å². The third-order valence-corrected chi connectivity index (χ3v) is 2.75. The topological polar surface area (TPSA) is 34.9 Å². The van der Waals surface area contributed by atoms with Crippen molar-refractivity contribution in [2.45, 2.75) is 0 Å². The van der Waals surface area contributed by atoms with Crippen LogP contribution in [0.5, 0.6) is 0 Å². The van der Waals surface area contributed by atoms with E-state index < -0.39 is 0 Å². The first-order valence-electron chi connectivity index (χ1n) is 5.36. The van der Waals surface area contributed by atoms with Crippen LogP contribution in [0.15, 0.2) is 54.9 Å². The van der Waals surface area contributed by atoms with Crippen molar-refractivity contribution in [2.24, 2.45) is 0 Å². The lowest BCUT2D eigenvalue weighted by Crippen LogP contribution is -1.95. The van der Waals surface area contributed by atoms with E-state index in [2.05, 4.69) is 17.2 Å². The van der Waals surface area contributed by atoms with Gasteiger partial charge in [-0.3, -0.25) is 4.79 Å². The molecule has 0 aliphatic rings. The zero-order chi connectivity index (χ0) is 11.7. The largest absolute Gasteiger partial charge is 0.298 e. The van der Waals surface area contributed by atoms with Gasteiger partial charge in [0.05, 0.1) is 17.4 Å². The lowest BCUT2D eigenvalue weighted by Gasteiger charge is -2.05. The molecule has 1 heterocycles. The minimum absolute atomic E-state index is 0.581. The summed E-state index contributed by atoms with van der Waals surface area (Å²) in [5, 5.41) is 6.47. The van der Waals surface area contributed by atoms with Gasteiger partial charge in [-0.15, -0.1) is 0 Å². The first kappa shape index (κ1) is 9.78. The van der Waals surface area contributed by atoms with Crippen molar-refractivity contribution in [3.05, 3.63) is 60.4 Å². The number of carbonyl (C=O) groups is 1. The Balaban J connectivity index is 2.26. The summed E-state index contributed by atoms with van der Waals surface area (Å²) in [4.78, 5) is 10.7. The Kier molecular flexibility index (Phi) is 2.22. The molecule has 0 atom stereocenters. The molecule has 3 heteroatoms. The second-order valence-corrected chi connectivity index (χ2v) is 3.83. The molecule has 0 radical (unpaired) electrons. The van der Waals surface area contributed by atoms with Gasteiger partial charge in [0.15, 0.2) is 6.29 Å². The number of fused-ring (bicyclic) bond motifs is 1. The van der Waals surface area contributed by atoms with Crippen molar-refractivity contribution < 1.29 is 4.79 Å². The van der Waals surface area contributed by atoms with Crippen LogP contribution < -0.4 is 0 Å². The highest BCUT2D eigenvalue weighted by Crippen LogP contribution is 2.21. The van der Waals surface area contributed by atoms with Gasteiger partial charge in [-0.2, -0.15) is 5.10 Å². The van der Waals surface area contributed by atoms with Crippen molar-refractivity contribution in [3.8, 4) is 5.69 Å². The maximum atomic E-state index is 10.7. The minimum Gasteiger partial charge on any atom is -0.298 e. The van der Waals surface area contributed by atoms with Crippen LogP contribution in [0.2, 0.25) is 0 Å². The third kappa shape index (κ3) is 1.61. The number of hydrogen-bond acceptors (Lipinski definition) is 2. The van der Waals surface area contributed by atoms with Crippen LogP contribution in [0.4, 0.5) is 0 Å². The standard InChI is InChI=1S/C14H10N2O/c17-10-11-8-15-16(9-11)14-7-3-5-12-4-1-2-6-13(12)14/h1-10H. The van der Waals surface area contributed by atoms with Crippen molar-refractivity contribution >= 4 is 17.1 Å². The molecule has 3 rings (SSSR count). The summed E-state index contributed by atoms with van der Waals surface area (Å²) < 4.78 is 1.73. The predicted octanol–water partition coefficient (Wildman–Crippen LogP) is 2.84. The quantitative estimate of drug-likeness (QED) is 0.625. The Morgan fingerprint density at radius 1 is 1.06 bits per heavy atom. The normalized spacial score (nSPS) is 10.6. The number of benzene rings is 2. The first-order valence-corrected chi connectivity index (χ1v) is 5.36. The van der Waals surface area contributed by atoms with Crippen LogP contribution in [0.3, 0.4) is 0 Å². The van der Waals surface area contributed by atoms with Gasteiger partial charge in [-0.1, -0.05) is 36.4 Å². The summed E-state index contributed by atoms with van der Waals surface area (Å²) in [5.74, 6) is 0. The van der Waals surface area contributed by atoms with Gasteiger partial charge in [0, 0.05) is 11.6 Å². The molecule has 0 aliphatic heterocycles. The zero-order valence-electron chi connectivity index (χ0n) is 9.08. The molecule has 0 spiro atoms. The second-order valence-electron chi connectivity index (χ2n) is 3.83. The predicted molar refractivity (Wildman–Crippen MR) is 66.5 cm³/mol. The van der Waals surface area contributed by atoms with E-state index >= 15 is 0 Å². The van der Waals surface area contributed by atoms with Gasteiger partial charge in [0.25, 0.3) is 0 Å². The first-order chi connectivity index (χ1) is 8.38. The third-order valence-electron chi connectivity index (χ3n) is 2.75. The summed E-state index contributed by atoms with van der Waals surface area (Å²) in [6.45, 7) is 0. The molecule has 0 fully saturated rings. The number of rotatable bonds is 2. The molecule has 0 saturated heterocycles. The highest BCUT2D eigenvalue weighted by Gasteiger charge is 2.04. The van der Waals surface area contributed by atoms with Crippen LogP contribution in [-0.2, 0) is 0 Å². The summed E-state index contributed by atoms with van der Waals surface area (Å²) in [6, 6.07) is 14.1. The molecular formula is C14H10N2O. The van der Waals surface area contributed by atoms with Crippen molar-refractivity contribution in [1.29, 1.82) is 0 Å². The van der Waals surface area contributed by atoms with Gasteiger partial charge in [0.2, 0.25) is 0 Å². The van der Waals surface area contributed by atoms with Crippen LogP contribution in [0.1, 0.15) is 10.4 Å². The van der Waals surface area contributed by atoms with E-state index in [1.807, 2.05) is 30.3 Å². The lowest BCUT2D eigenvalue weighted by molar-refractivity contribution is 0.112. The van der Waals surface area contributed by atoms with Crippen LogP contribution in [-0.4, -0.2) is 16.1 Å². The molecule has 0 aliphatic carbocycles. The SMILES string of the molecule is O=Cc1cnn(-c2cccc3ccccc23)c1. The number of aromatic nitrogens is 2. The maximum absolute atomic E-state index is 10.7. The molecule has 0 bridgehead atoms. The summed E-state index contributed by atoms with van der Waals surface area (Å²) in [6.07, 6.45) is 4.10. The van der Waals surface area contributed by atoms with E-state index in [1.165, 1.54) is 0 Å². The van der Waals surface area contributed by atoms with Crippen molar-refractivity contribution in [2.75, 3.05) is 0 Å². The average molecular weight is 222 g/mol.